The Bertz CT molecular complexity index is 499. The lowest BCUT2D eigenvalue weighted by atomic mass is 9.99. The molecule has 1 aromatic carbocycles. The first-order valence-electron chi connectivity index (χ1n) is 5.30. The molecule has 1 aromatic rings. The molecule has 0 spiro atoms. The molecule has 0 aromatic heterocycles. The van der Waals surface area contributed by atoms with Gasteiger partial charge in [-0.05, 0) is 42.7 Å². The molecule has 3 heteroatoms. The van der Waals surface area contributed by atoms with E-state index in [1.807, 2.05) is 26.0 Å². The first-order valence-corrected chi connectivity index (χ1v) is 5.30. The zero-order valence-electron chi connectivity index (χ0n) is 10.1. The number of rotatable bonds is 4. The molecular weight excluding hydrogens is 212 g/mol. The van der Waals surface area contributed by atoms with Gasteiger partial charge in [0.1, 0.15) is 0 Å². The van der Waals surface area contributed by atoms with Gasteiger partial charge in [0, 0.05) is 23.7 Å². The number of aldehydes is 1. The molecule has 3 nitrogen and oxygen atoms in total. The van der Waals surface area contributed by atoms with Crippen molar-refractivity contribution in [3.8, 4) is 0 Å². The van der Waals surface area contributed by atoms with Crippen molar-refractivity contribution in [2.24, 2.45) is 4.99 Å². The van der Waals surface area contributed by atoms with Crippen molar-refractivity contribution in [1.29, 1.82) is 0 Å². The van der Waals surface area contributed by atoms with Gasteiger partial charge in [0.05, 0.1) is 0 Å². The fourth-order valence-electron chi connectivity index (χ4n) is 1.54. The van der Waals surface area contributed by atoms with Crippen LogP contribution in [0.3, 0.4) is 0 Å². The smallest absolute Gasteiger partial charge is 0.152 e. The SMILES string of the molecule is C=CN=C/C(=C\C)c1cc(C)c(N)c(C=O)c1. The third-order valence-electron chi connectivity index (χ3n) is 2.51. The van der Waals surface area contributed by atoms with Crippen molar-refractivity contribution >= 4 is 23.8 Å². The number of aliphatic imine (C=N–C) groups is 1. The maximum atomic E-state index is 10.9. The standard InChI is InChI=1S/C14H16N2O/c1-4-11(8-16-5-2)12-6-10(3)14(15)13(7-12)9-17/h4-9H,2,15H2,1,3H3/b11-4+,16-8?. The van der Waals surface area contributed by atoms with Gasteiger partial charge in [-0.3, -0.25) is 9.79 Å². The number of benzene rings is 1. The fourth-order valence-corrected chi connectivity index (χ4v) is 1.54. The molecule has 1 rings (SSSR count). The summed E-state index contributed by atoms with van der Waals surface area (Å²) in [5.41, 5.74) is 9.57. The minimum absolute atomic E-state index is 0.506. The highest BCUT2D eigenvalue weighted by Crippen LogP contribution is 2.22. The molecule has 2 N–H and O–H groups in total. The second-order valence-electron chi connectivity index (χ2n) is 3.62. The van der Waals surface area contributed by atoms with Crippen LogP contribution in [0.25, 0.3) is 5.57 Å². The quantitative estimate of drug-likeness (QED) is 0.489. The normalized spacial score (nSPS) is 11.8. The minimum atomic E-state index is 0.506. The highest BCUT2D eigenvalue weighted by molar-refractivity contribution is 6.10. The second-order valence-corrected chi connectivity index (χ2v) is 3.62. The number of hydrogen-bond donors (Lipinski definition) is 1. The lowest BCUT2D eigenvalue weighted by Crippen LogP contribution is -1.99. The van der Waals surface area contributed by atoms with Crippen molar-refractivity contribution in [3.63, 3.8) is 0 Å². The number of anilines is 1. The van der Waals surface area contributed by atoms with Crippen LogP contribution in [0.4, 0.5) is 5.69 Å². The van der Waals surface area contributed by atoms with Gasteiger partial charge in [0.25, 0.3) is 0 Å². The van der Waals surface area contributed by atoms with Crippen LogP contribution in [0.5, 0.6) is 0 Å². The lowest BCUT2D eigenvalue weighted by molar-refractivity contribution is 0.112. The summed E-state index contributed by atoms with van der Waals surface area (Å²) in [6.45, 7) is 7.32. The zero-order chi connectivity index (χ0) is 12.8. The Morgan fingerprint density at radius 3 is 2.71 bits per heavy atom. The predicted molar refractivity (Wildman–Crippen MR) is 73.3 cm³/mol. The summed E-state index contributed by atoms with van der Waals surface area (Å²) in [7, 11) is 0. The largest absolute Gasteiger partial charge is 0.398 e. The molecule has 0 saturated carbocycles. The molecule has 0 aliphatic carbocycles. The molecule has 0 amide bonds. The number of aryl methyl sites for hydroxylation is 1. The van der Waals surface area contributed by atoms with E-state index in [0.717, 1.165) is 23.0 Å². The Kier molecular flexibility index (Phi) is 4.40. The van der Waals surface area contributed by atoms with Gasteiger partial charge >= 0.3 is 0 Å². The molecule has 0 aliphatic rings. The van der Waals surface area contributed by atoms with E-state index < -0.39 is 0 Å². The first kappa shape index (κ1) is 12.9. The first-order chi connectivity index (χ1) is 8.13. The molecule has 0 heterocycles. The van der Waals surface area contributed by atoms with Crippen LogP contribution in [-0.2, 0) is 0 Å². The van der Waals surface area contributed by atoms with Crippen LogP contribution < -0.4 is 5.73 Å². The third kappa shape index (κ3) is 2.91. The van der Waals surface area contributed by atoms with Gasteiger partial charge in [0.2, 0.25) is 0 Å². The van der Waals surface area contributed by atoms with E-state index in [0.29, 0.717) is 11.3 Å². The number of hydrogen-bond acceptors (Lipinski definition) is 3. The van der Waals surface area contributed by atoms with Gasteiger partial charge < -0.3 is 5.73 Å². The van der Waals surface area contributed by atoms with Crippen molar-refractivity contribution < 1.29 is 4.79 Å². The fraction of sp³-hybridized carbons (Fsp3) is 0.143. The van der Waals surface area contributed by atoms with E-state index >= 15 is 0 Å². The highest BCUT2D eigenvalue weighted by Gasteiger charge is 2.06. The second kappa shape index (κ2) is 5.80. The number of allylic oxidation sites excluding steroid dienone is 2. The van der Waals surface area contributed by atoms with E-state index in [1.165, 1.54) is 6.20 Å². The summed E-state index contributed by atoms with van der Waals surface area (Å²) in [4.78, 5) is 14.9. The Morgan fingerprint density at radius 1 is 1.47 bits per heavy atom. The summed E-state index contributed by atoms with van der Waals surface area (Å²) < 4.78 is 0. The number of nitrogens with zero attached hydrogens (tertiary/aromatic N) is 1. The molecule has 0 radical (unpaired) electrons. The van der Waals surface area contributed by atoms with Crippen molar-refractivity contribution in [1.82, 2.24) is 0 Å². The average molecular weight is 228 g/mol. The van der Waals surface area contributed by atoms with Crippen LogP contribution in [0.2, 0.25) is 0 Å². The van der Waals surface area contributed by atoms with E-state index in [4.69, 9.17) is 5.73 Å². The van der Waals surface area contributed by atoms with Gasteiger partial charge in [-0.2, -0.15) is 0 Å². The zero-order valence-corrected chi connectivity index (χ0v) is 10.1. The van der Waals surface area contributed by atoms with E-state index in [9.17, 15) is 4.79 Å². The van der Waals surface area contributed by atoms with Gasteiger partial charge in [-0.1, -0.05) is 12.7 Å². The third-order valence-corrected chi connectivity index (χ3v) is 2.51. The monoisotopic (exact) mass is 228 g/mol. The lowest BCUT2D eigenvalue weighted by Gasteiger charge is -2.08. The Balaban J connectivity index is 3.31. The summed E-state index contributed by atoms with van der Waals surface area (Å²) in [6.07, 6.45) is 5.86. The molecule has 0 aliphatic heterocycles. The minimum Gasteiger partial charge on any atom is -0.398 e. The number of carbonyl (C=O) groups excluding carboxylic acids is 1. The summed E-state index contributed by atoms with van der Waals surface area (Å²) >= 11 is 0. The van der Waals surface area contributed by atoms with E-state index in [1.54, 1.807) is 12.3 Å². The molecule has 17 heavy (non-hydrogen) atoms. The number of nitrogens with two attached hydrogens (primary N) is 1. The van der Waals surface area contributed by atoms with Crippen LogP contribution >= 0.6 is 0 Å². The summed E-state index contributed by atoms with van der Waals surface area (Å²) in [5, 5.41) is 0. The molecular formula is C14H16N2O. The van der Waals surface area contributed by atoms with Crippen molar-refractivity contribution in [3.05, 3.63) is 47.7 Å². The van der Waals surface area contributed by atoms with Gasteiger partial charge in [-0.15, -0.1) is 0 Å². The highest BCUT2D eigenvalue weighted by atomic mass is 16.1. The van der Waals surface area contributed by atoms with Crippen molar-refractivity contribution in [2.45, 2.75) is 13.8 Å². The van der Waals surface area contributed by atoms with Gasteiger partial charge in [-0.25, -0.2) is 0 Å². The molecule has 88 valence electrons. The van der Waals surface area contributed by atoms with Crippen LogP contribution in [-0.4, -0.2) is 12.5 Å². The van der Waals surface area contributed by atoms with E-state index in [-0.39, 0.29) is 0 Å². The van der Waals surface area contributed by atoms with Crippen LogP contribution in [0.1, 0.15) is 28.4 Å². The Morgan fingerprint density at radius 2 is 2.18 bits per heavy atom. The molecule has 0 unspecified atom stereocenters. The average Bonchev–Trinajstić information content (AvgIpc) is 2.34. The van der Waals surface area contributed by atoms with Crippen molar-refractivity contribution in [2.75, 3.05) is 5.73 Å². The molecule has 0 atom stereocenters. The topological polar surface area (TPSA) is 55.4 Å². The molecule has 0 bridgehead atoms. The molecule has 0 saturated heterocycles. The van der Waals surface area contributed by atoms with Crippen LogP contribution in [0.15, 0.2) is 36.0 Å². The predicted octanol–water partition coefficient (Wildman–Crippen LogP) is 3.01. The maximum absolute atomic E-state index is 10.9. The van der Waals surface area contributed by atoms with Crippen LogP contribution in [0, 0.1) is 6.92 Å². The Labute approximate surface area is 101 Å². The Hall–Kier alpha value is -2.16. The maximum Gasteiger partial charge on any atom is 0.152 e. The molecule has 0 fully saturated rings. The van der Waals surface area contributed by atoms with E-state index in [2.05, 4.69) is 11.6 Å². The van der Waals surface area contributed by atoms with Gasteiger partial charge in [0.15, 0.2) is 6.29 Å². The number of nitrogen functional groups attached to an aromatic ring is 1. The summed E-state index contributed by atoms with van der Waals surface area (Å²) in [6, 6.07) is 3.70. The number of carbonyl (C=O) groups is 1. The summed E-state index contributed by atoms with van der Waals surface area (Å²) in [5.74, 6) is 0.